The average Bonchev–Trinajstić information content (AvgIpc) is 2.17. The van der Waals surface area contributed by atoms with Gasteiger partial charge in [0.15, 0.2) is 0 Å². The summed E-state index contributed by atoms with van der Waals surface area (Å²) in [6.07, 6.45) is 1.89. The second-order valence-corrected chi connectivity index (χ2v) is 3.14. The Bertz CT molecular complexity index is 280. The van der Waals surface area contributed by atoms with E-state index in [-0.39, 0.29) is 12.8 Å². The smallest absolute Gasteiger partial charge is 0.312 e. The van der Waals surface area contributed by atoms with Gasteiger partial charge < -0.3 is 9.47 Å². The van der Waals surface area contributed by atoms with Crippen molar-refractivity contribution in [1.29, 1.82) is 0 Å². The molecule has 0 aromatic heterocycles. The molecule has 0 aromatic carbocycles. The number of rotatable bonds is 7. The molecule has 0 aromatic rings. The molecule has 0 rings (SSSR count). The van der Waals surface area contributed by atoms with Crippen molar-refractivity contribution in [2.24, 2.45) is 0 Å². The van der Waals surface area contributed by atoms with Gasteiger partial charge in [0.1, 0.15) is 0 Å². The monoisotopic (exact) mass is 224 g/mol. The fourth-order valence-corrected chi connectivity index (χ4v) is 0.796. The summed E-state index contributed by atoms with van der Waals surface area (Å²) < 4.78 is 9.76. The molecule has 0 saturated carbocycles. The van der Waals surface area contributed by atoms with Crippen LogP contribution in [0.15, 0.2) is 37.5 Å². The third-order valence-corrected chi connectivity index (χ3v) is 1.50. The summed E-state index contributed by atoms with van der Waals surface area (Å²) in [5.41, 5.74) is 0.440. The molecule has 4 heteroatoms. The summed E-state index contributed by atoms with van der Waals surface area (Å²) >= 11 is 0. The van der Waals surface area contributed by atoms with Crippen LogP contribution in [-0.4, -0.2) is 18.2 Å². The van der Waals surface area contributed by atoms with Gasteiger partial charge in [0, 0.05) is 5.57 Å². The minimum absolute atomic E-state index is 0.0583. The number of ether oxygens (including phenoxy) is 2. The first-order chi connectivity index (χ1) is 7.51. The van der Waals surface area contributed by atoms with Crippen molar-refractivity contribution < 1.29 is 19.1 Å². The quantitative estimate of drug-likeness (QED) is 0.377. The van der Waals surface area contributed by atoms with Crippen molar-refractivity contribution in [2.75, 3.05) is 0 Å². The Morgan fingerprint density at radius 1 is 1.12 bits per heavy atom. The maximum absolute atomic E-state index is 11.2. The molecule has 0 radical (unpaired) electrons. The van der Waals surface area contributed by atoms with Crippen LogP contribution in [0.5, 0.6) is 0 Å². The van der Waals surface area contributed by atoms with Crippen LogP contribution in [-0.2, 0) is 19.1 Å². The van der Waals surface area contributed by atoms with E-state index in [9.17, 15) is 9.59 Å². The molecule has 0 N–H and O–H groups in total. The van der Waals surface area contributed by atoms with E-state index in [1.165, 1.54) is 12.2 Å². The van der Waals surface area contributed by atoms with Crippen LogP contribution in [0, 0.1) is 0 Å². The van der Waals surface area contributed by atoms with E-state index in [0.29, 0.717) is 5.57 Å². The summed E-state index contributed by atoms with van der Waals surface area (Å²) in [5.74, 6) is -1.04. The first-order valence-corrected chi connectivity index (χ1v) is 4.77. The third-order valence-electron chi connectivity index (χ3n) is 1.50. The topological polar surface area (TPSA) is 52.6 Å². The van der Waals surface area contributed by atoms with Gasteiger partial charge >= 0.3 is 11.9 Å². The number of esters is 2. The molecule has 0 heterocycles. The molecule has 0 aliphatic heterocycles. The molecule has 88 valence electrons. The summed E-state index contributed by atoms with van der Waals surface area (Å²) in [4.78, 5) is 22.3. The van der Waals surface area contributed by atoms with Gasteiger partial charge in [-0.3, -0.25) is 9.59 Å². The van der Waals surface area contributed by atoms with E-state index in [1.807, 2.05) is 0 Å². The van der Waals surface area contributed by atoms with Crippen molar-refractivity contribution in [3.05, 3.63) is 37.5 Å². The van der Waals surface area contributed by atoms with Gasteiger partial charge in [-0.2, -0.15) is 0 Å². The molecule has 0 spiro atoms. The van der Waals surface area contributed by atoms with Gasteiger partial charge in [-0.05, 0) is 6.92 Å². The molecule has 0 unspecified atom stereocenters. The van der Waals surface area contributed by atoms with Crippen molar-refractivity contribution >= 4 is 11.9 Å². The van der Waals surface area contributed by atoms with Crippen LogP contribution in [0.4, 0.5) is 0 Å². The van der Waals surface area contributed by atoms with Crippen LogP contribution in [0.3, 0.4) is 0 Å². The highest BCUT2D eigenvalue weighted by Gasteiger charge is 2.18. The van der Waals surface area contributed by atoms with Crippen molar-refractivity contribution in [3.8, 4) is 0 Å². The van der Waals surface area contributed by atoms with E-state index >= 15 is 0 Å². The van der Waals surface area contributed by atoms with E-state index in [0.717, 1.165) is 0 Å². The maximum atomic E-state index is 11.2. The maximum Gasteiger partial charge on any atom is 0.312 e. The number of hydrogen-bond acceptors (Lipinski definition) is 4. The Labute approximate surface area is 95.2 Å². The average molecular weight is 224 g/mol. The molecule has 0 bridgehead atoms. The molecule has 0 atom stereocenters. The molecule has 0 amide bonds. The van der Waals surface area contributed by atoms with E-state index in [1.54, 1.807) is 6.92 Å². The van der Waals surface area contributed by atoms with Gasteiger partial charge in [0.25, 0.3) is 6.29 Å². The lowest BCUT2D eigenvalue weighted by Gasteiger charge is -2.17. The third kappa shape index (κ3) is 5.80. The molecule has 0 aliphatic rings. The SMILES string of the molecule is C=CCC(=O)OC(OC(=O)CC=C)C(=C)C. The number of carbonyl (C=O) groups is 2. The zero-order valence-corrected chi connectivity index (χ0v) is 9.40. The van der Waals surface area contributed by atoms with Crippen LogP contribution in [0.2, 0.25) is 0 Å². The standard InChI is InChI=1S/C12H16O4/c1-5-7-10(13)15-12(9(3)4)16-11(14)8-6-2/h5-6,12H,1-3,7-8H2,4H3. The van der Waals surface area contributed by atoms with Crippen LogP contribution in [0.25, 0.3) is 0 Å². The first kappa shape index (κ1) is 14.2. The zero-order valence-electron chi connectivity index (χ0n) is 9.40. The fraction of sp³-hybridized carbons (Fsp3) is 0.333. The lowest BCUT2D eigenvalue weighted by molar-refractivity contribution is -0.179. The summed E-state index contributed by atoms with van der Waals surface area (Å²) in [7, 11) is 0. The summed E-state index contributed by atoms with van der Waals surface area (Å²) in [5, 5.41) is 0. The van der Waals surface area contributed by atoms with Crippen molar-refractivity contribution in [2.45, 2.75) is 26.1 Å². The minimum atomic E-state index is -1.04. The Morgan fingerprint density at radius 2 is 1.50 bits per heavy atom. The van der Waals surface area contributed by atoms with Crippen molar-refractivity contribution in [1.82, 2.24) is 0 Å². The highest BCUT2D eigenvalue weighted by molar-refractivity contribution is 5.73. The first-order valence-electron chi connectivity index (χ1n) is 4.77. The van der Waals surface area contributed by atoms with Gasteiger partial charge in [-0.15, -0.1) is 13.2 Å². The Hall–Kier alpha value is -1.84. The normalized spacial score (nSPS) is 9.38. The van der Waals surface area contributed by atoms with E-state index in [2.05, 4.69) is 19.7 Å². The van der Waals surface area contributed by atoms with Crippen LogP contribution in [0.1, 0.15) is 19.8 Å². The molecule has 0 aliphatic carbocycles. The van der Waals surface area contributed by atoms with Gasteiger partial charge in [0.05, 0.1) is 12.8 Å². The lowest BCUT2D eigenvalue weighted by Crippen LogP contribution is -2.25. The molecule has 16 heavy (non-hydrogen) atoms. The second kappa shape index (κ2) is 7.45. The summed E-state index contributed by atoms with van der Waals surface area (Å²) in [6, 6.07) is 0. The van der Waals surface area contributed by atoms with E-state index in [4.69, 9.17) is 9.47 Å². The van der Waals surface area contributed by atoms with Gasteiger partial charge in [-0.25, -0.2) is 0 Å². The molecular weight excluding hydrogens is 208 g/mol. The number of hydrogen-bond donors (Lipinski definition) is 0. The highest BCUT2D eigenvalue weighted by Crippen LogP contribution is 2.09. The lowest BCUT2D eigenvalue weighted by atomic mass is 10.3. The van der Waals surface area contributed by atoms with Gasteiger partial charge in [-0.1, -0.05) is 18.7 Å². The van der Waals surface area contributed by atoms with E-state index < -0.39 is 18.2 Å². The molecule has 0 saturated heterocycles. The van der Waals surface area contributed by atoms with Crippen molar-refractivity contribution in [3.63, 3.8) is 0 Å². The van der Waals surface area contributed by atoms with Crippen LogP contribution >= 0.6 is 0 Å². The predicted molar refractivity (Wildman–Crippen MR) is 60.4 cm³/mol. The fourth-order valence-electron chi connectivity index (χ4n) is 0.796. The summed E-state index contributed by atoms with van der Waals surface area (Å²) in [6.45, 7) is 12.0. The highest BCUT2D eigenvalue weighted by atomic mass is 16.7. The molecular formula is C12H16O4. The number of carbonyl (C=O) groups excluding carboxylic acids is 2. The Kier molecular flexibility index (Phi) is 6.59. The zero-order chi connectivity index (χ0) is 12.6. The second-order valence-electron chi connectivity index (χ2n) is 3.14. The minimum Gasteiger partial charge on any atom is -0.421 e. The molecule has 4 nitrogen and oxygen atoms in total. The van der Waals surface area contributed by atoms with Gasteiger partial charge in [0.2, 0.25) is 0 Å². The largest absolute Gasteiger partial charge is 0.421 e. The molecule has 0 fully saturated rings. The Balaban J connectivity index is 4.33. The van der Waals surface area contributed by atoms with Crippen LogP contribution < -0.4 is 0 Å². The predicted octanol–water partition coefficient (Wildman–Crippen LogP) is 2.13. The Morgan fingerprint density at radius 3 is 1.75 bits per heavy atom.